The molecule has 198 valence electrons. The lowest BCUT2D eigenvalue weighted by Crippen LogP contribution is -2.60. The van der Waals surface area contributed by atoms with Crippen LogP contribution in [0.5, 0.6) is 23.0 Å². The fraction of sp³-hybridized carbons (Fsp3) is 0.348. The largest absolute Gasteiger partial charge is 0.545 e. The standard InChI is InChI=1S/C23H23NO13/c1-33-13-3-8(36-23-20(28)19(27)18(26)15(6-25)37-23)2-10-9(13)4-12(24(31)32)16-11(22(29)30)5-14-21(17(10)16)35-7-34-14/h2-5,15,18-20,23,25-28,31-32H,6-7H2,1H3,(H,29,30)/p-1/t15-,18+,19+,20-,23+/m1/s1. The fourth-order valence-corrected chi connectivity index (χ4v) is 4.59. The van der Waals surface area contributed by atoms with Gasteiger partial charge in [0, 0.05) is 33.2 Å². The number of carboxylic acid groups (broad SMARTS) is 1. The highest BCUT2D eigenvalue weighted by Crippen LogP contribution is 2.49. The van der Waals surface area contributed by atoms with Crippen LogP contribution < -0.4 is 29.3 Å². The number of methoxy groups -OCH3 is 1. The second kappa shape index (κ2) is 9.35. The van der Waals surface area contributed by atoms with Gasteiger partial charge in [-0.3, -0.25) is 10.4 Å². The third kappa shape index (κ3) is 4.00. The number of anilines is 1. The molecule has 1 saturated heterocycles. The third-order valence-electron chi connectivity index (χ3n) is 6.34. The predicted octanol–water partition coefficient (Wildman–Crippen LogP) is -1.14. The van der Waals surface area contributed by atoms with E-state index in [1.165, 1.54) is 25.3 Å². The molecule has 0 unspecified atom stereocenters. The van der Waals surface area contributed by atoms with Gasteiger partial charge in [-0.05, 0) is 18.2 Å². The minimum Gasteiger partial charge on any atom is -0.545 e. The van der Waals surface area contributed by atoms with E-state index in [9.17, 15) is 40.7 Å². The Bertz CT molecular complexity index is 1370. The van der Waals surface area contributed by atoms with Crippen molar-refractivity contribution in [3.05, 3.63) is 29.8 Å². The van der Waals surface area contributed by atoms with E-state index in [-0.39, 0.29) is 62.2 Å². The van der Waals surface area contributed by atoms with E-state index in [2.05, 4.69) is 0 Å². The molecule has 0 aliphatic carbocycles. The first-order valence-corrected chi connectivity index (χ1v) is 10.9. The van der Waals surface area contributed by atoms with Gasteiger partial charge < -0.3 is 54.0 Å². The summed E-state index contributed by atoms with van der Waals surface area (Å²) in [6.07, 6.45) is -7.69. The molecule has 2 aliphatic rings. The molecule has 1 fully saturated rings. The second-order valence-corrected chi connectivity index (χ2v) is 8.42. The van der Waals surface area contributed by atoms with Crippen molar-refractivity contribution in [2.24, 2.45) is 0 Å². The maximum absolute atomic E-state index is 12.0. The van der Waals surface area contributed by atoms with Crippen LogP contribution in [-0.4, -0.2) is 88.0 Å². The Balaban J connectivity index is 1.75. The van der Waals surface area contributed by atoms with Gasteiger partial charge in [0.15, 0.2) is 11.5 Å². The molecule has 0 bridgehead atoms. The molecule has 2 heterocycles. The van der Waals surface area contributed by atoms with Crippen LogP contribution in [0.3, 0.4) is 0 Å². The molecule has 14 heteroatoms. The Labute approximate surface area is 207 Å². The van der Waals surface area contributed by atoms with Gasteiger partial charge in [-0.1, -0.05) is 0 Å². The maximum atomic E-state index is 12.0. The third-order valence-corrected chi connectivity index (χ3v) is 6.34. The number of carboxylic acids is 1. The van der Waals surface area contributed by atoms with Gasteiger partial charge in [-0.25, -0.2) is 0 Å². The molecule has 3 aromatic carbocycles. The zero-order valence-electron chi connectivity index (χ0n) is 19.1. The number of nitrogens with zero attached hydrogens (tertiary/aromatic N) is 1. The van der Waals surface area contributed by atoms with Gasteiger partial charge in [-0.2, -0.15) is 0 Å². The predicted molar refractivity (Wildman–Crippen MR) is 119 cm³/mol. The molecule has 5 rings (SSSR count). The van der Waals surface area contributed by atoms with E-state index >= 15 is 0 Å². The van der Waals surface area contributed by atoms with Crippen molar-refractivity contribution in [3.8, 4) is 23.0 Å². The summed E-state index contributed by atoms with van der Waals surface area (Å²) in [7, 11) is 1.33. The van der Waals surface area contributed by atoms with Gasteiger partial charge in [0.1, 0.15) is 41.6 Å². The maximum Gasteiger partial charge on any atom is 0.231 e. The molecule has 14 nitrogen and oxygen atoms in total. The summed E-state index contributed by atoms with van der Waals surface area (Å²) in [5.41, 5.74) is -0.732. The number of ether oxygens (including phenoxy) is 5. The Morgan fingerprint density at radius 2 is 1.81 bits per heavy atom. The van der Waals surface area contributed by atoms with Crippen molar-refractivity contribution in [2.75, 3.05) is 25.7 Å². The lowest BCUT2D eigenvalue weighted by Gasteiger charge is -2.39. The molecule has 0 spiro atoms. The first-order chi connectivity index (χ1) is 17.7. The molecule has 2 aliphatic heterocycles. The Kier molecular flexibility index (Phi) is 6.33. The lowest BCUT2D eigenvalue weighted by atomic mass is 9.94. The molecule has 6 N–H and O–H groups in total. The van der Waals surface area contributed by atoms with Crippen molar-refractivity contribution in [3.63, 3.8) is 0 Å². The van der Waals surface area contributed by atoms with E-state index in [1.807, 2.05) is 0 Å². The van der Waals surface area contributed by atoms with Crippen LogP contribution in [0.2, 0.25) is 0 Å². The average molecular weight is 520 g/mol. The second-order valence-electron chi connectivity index (χ2n) is 8.42. The van der Waals surface area contributed by atoms with E-state index in [1.54, 1.807) is 0 Å². The van der Waals surface area contributed by atoms with Crippen molar-refractivity contribution in [2.45, 2.75) is 30.7 Å². The van der Waals surface area contributed by atoms with Crippen LogP contribution in [0.1, 0.15) is 10.4 Å². The van der Waals surface area contributed by atoms with Crippen molar-refractivity contribution < 1.29 is 64.4 Å². The number of fused-ring (bicyclic) bond motifs is 5. The minimum absolute atomic E-state index is 0.0131. The first kappa shape index (κ1) is 25.0. The summed E-state index contributed by atoms with van der Waals surface area (Å²) in [5, 5.41) is 72.0. The van der Waals surface area contributed by atoms with Crippen molar-refractivity contribution >= 4 is 33.2 Å². The molecular formula is C23H22NO13-. The summed E-state index contributed by atoms with van der Waals surface area (Å²) in [5.74, 6) is -1.29. The lowest BCUT2D eigenvalue weighted by molar-refractivity contribution is -0.277. The van der Waals surface area contributed by atoms with Gasteiger partial charge >= 0.3 is 0 Å². The topological polar surface area (TPSA) is 211 Å². The first-order valence-electron chi connectivity index (χ1n) is 10.9. The Morgan fingerprint density at radius 3 is 2.46 bits per heavy atom. The van der Waals surface area contributed by atoms with Crippen LogP contribution >= 0.6 is 0 Å². The quantitative estimate of drug-likeness (QED) is 0.168. The van der Waals surface area contributed by atoms with E-state index in [0.29, 0.717) is 0 Å². The molecule has 0 saturated carbocycles. The number of benzene rings is 3. The molecule has 5 atom stereocenters. The number of rotatable bonds is 6. The van der Waals surface area contributed by atoms with Gasteiger partial charge in [0.05, 0.1) is 19.7 Å². The number of aliphatic hydroxyl groups excluding tert-OH is 4. The van der Waals surface area contributed by atoms with Gasteiger partial charge in [0.25, 0.3) is 0 Å². The molecule has 0 radical (unpaired) electrons. The number of aromatic carboxylic acids is 1. The van der Waals surface area contributed by atoms with Crippen LogP contribution in [0.25, 0.3) is 21.5 Å². The average Bonchev–Trinajstić information content (AvgIpc) is 3.35. The van der Waals surface area contributed by atoms with Gasteiger partial charge in [-0.15, -0.1) is 5.23 Å². The number of aliphatic hydroxyl groups is 4. The summed E-state index contributed by atoms with van der Waals surface area (Å²) >= 11 is 0. The van der Waals surface area contributed by atoms with Crippen molar-refractivity contribution in [1.29, 1.82) is 0 Å². The zero-order chi connectivity index (χ0) is 26.6. The number of carbonyl (C=O) groups excluding carboxylic acids is 1. The Hall–Kier alpha value is -3.63. The number of hydrogen-bond acceptors (Lipinski definition) is 14. The molecule has 37 heavy (non-hydrogen) atoms. The van der Waals surface area contributed by atoms with Crippen LogP contribution in [0, 0.1) is 0 Å². The molecular weight excluding hydrogens is 498 g/mol. The Morgan fingerprint density at radius 1 is 1.05 bits per heavy atom. The number of hydrogen-bond donors (Lipinski definition) is 6. The van der Waals surface area contributed by atoms with E-state index in [4.69, 9.17) is 23.7 Å². The summed E-state index contributed by atoms with van der Waals surface area (Å²) in [6, 6.07) is 5.21. The molecule has 3 aromatic rings. The summed E-state index contributed by atoms with van der Waals surface area (Å²) in [6.45, 7) is -0.889. The highest BCUT2D eigenvalue weighted by Gasteiger charge is 2.44. The van der Waals surface area contributed by atoms with Gasteiger partial charge in [0.2, 0.25) is 13.1 Å². The summed E-state index contributed by atoms with van der Waals surface area (Å²) < 4.78 is 27.5. The SMILES string of the molecule is COc1cc(O[C@H]2O[C@H](CO)[C@H](O)[C@H](O)[C@H]2O)cc2c1cc(N(O)O)c1c(C(=O)[O-])cc3c(c12)OCO3. The van der Waals surface area contributed by atoms with Crippen LogP contribution in [0.4, 0.5) is 5.69 Å². The number of carbonyl (C=O) groups is 1. The summed E-state index contributed by atoms with van der Waals surface area (Å²) in [4.78, 5) is 12.0. The zero-order valence-corrected chi connectivity index (χ0v) is 19.1. The van der Waals surface area contributed by atoms with Crippen LogP contribution in [-0.2, 0) is 4.74 Å². The monoisotopic (exact) mass is 520 g/mol. The van der Waals surface area contributed by atoms with E-state index < -0.39 is 48.8 Å². The highest BCUT2D eigenvalue weighted by atomic mass is 16.8. The van der Waals surface area contributed by atoms with Crippen LogP contribution in [0.15, 0.2) is 24.3 Å². The molecule has 0 aromatic heterocycles. The van der Waals surface area contributed by atoms with E-state index in [0.717, 1.165) is 6.07 Å². The normalized spacial score (nSPS) is 24.9. The molecule has 0 amide bonds. The smallest absolute Gasteiger partial charge is 0.231 e. The fourth-order valence-electron chi connectivity index (χ4n) is 4.59. The van der Waals surface area contributed by atoms with Crippen molar-refractivity contribution in [1.82, 2.24) is 0 Å². The minimum atomic E-state index is -1.69. The highest BCUT2D eigenvalue weighted by molar-refractivity contribution is 6.22.